The van der Waals surface area contributed by atoms with Gasteiger partial charge in [-0.25, -0.2) is 22.2 Å². The van der Waals surface area contributed by atoms with Gasteiger partial charge in [-0.1, -0.05) is 19.9 Å². The van der Waals surface area contributed by atoms with E-state index in [4.69, 9.17) is 0 Å². The summed E-state index contributed by atoms with van der Waals surface area (Å²) in [6, 6.07) is 4.54. The van der Waals surface area contributed by atoms with Crippen LogP contribution in [0, 0.1) is 35.8 Å². The Bertz CT molecular complexity index is 1130. The first-order valence-corrected chi connectivity index (χ1v) is 12.0. The molecule has 32 heavy (non-hydrogen) atoms. The van der Waals surface area contributed by atoms with Crippen LogP contribution in [0.3, 0.4) is 0 Å². The van der Waals surface area contributed by atoms with Gasteiger partial charge < -0.3 is 9.80 Å². The molecule has 1 aromatic carbocycles. The van der Waals surface area contributed by atoms with Crippen LogP contribution in [0.2, 0.25) is 0 Å². The maximum absolute atomic E-state index is 15.1. The van der Waals surface area contributed by atoms with E-state index in [2.05, 4.69) is 23.7 Å². The molecule has 174 valence electrons. The maximum Gasteiger partial charge on any atom is 0.268 e. The highest BCUT2D eigenvalue weighted by Gasteiger charge is 2.37. The SMILES string of the molecule is Cc1c(N2CCC(CN3CC(C)(C)C3)C2)cc(F)c(S(=O)(=O)Nc2cccc(F)n2)c1F. The first-order valence-electron chi connectivity index (χ1n) is 10.6. The molecule has 2 fully saturated rings. The molecule has 1 atom stereocenters. The fourth-order valence-electron chi connectivity index (χ4n) is 4.77. The van der Waals surface area contributed by atoms with Crippen molar-refractivity contribution < 1.29 is 21.6 Å². The van der Waals surface area contributed by atoms with Gasteiger partial charge in [0.05, 0.1) is 0 Å². The molecule has 0 radical (unpaired) electrons. The minimum Gasteiger partial charge on any atom is -0.371 e. The highest BCUT2D eigenvalue weighted by molar-refractivity contribution is 7.92. The van der Waals surface area contributed by atoms with E-state index in [0.717, 1.165) is 38.2 Å². The summed E-state index contributed by atoms with van der Waals surface area (Å²) < 4.78 is 70.5. The third-order valence-corrected chi connectivity index (χ3v) is 7.45. The summed E-state index contributed by atoms with van der Waals surface area (Å²) in [5.41, 5.74) is 0.760. The normalized spacial score (nSPS) is 20.9. The second kappa shape index (κ2) is 8.22. The Morgan fingerprint density at radius 2 is 1.94 bits per heavy atom. The summed E-state index contributed by atoms with van der Waals surface area (Å²) in [5.74, 6) is -3.23. The van der Waals surface area contributed by atoms with Gasteiger partial charge in [0.15, 0.2) is 10.7 Å². The van der Waals surface area contributed by atoms with Gasteiger partial charge in [0.1, 0.15) is 11.6 Å². The van der Waals surface area contributed by atoms with E-state index in [0.29, 0.717) is 30.1 Å². The van der Waals surface area contributed by atoms with Gasteiger partial charge in [0.2, 0.25) is 5.95 Å². The van der Waals surface area contributed by atoms with Crippen molar-refractivity contribution in [2.75, 3.05) is 42.3 Å². The van der Waals surface area contributed by atoms with Gasteiger partial charge in [0.25, 0.3) is 10.0 Å². The van der Waals surface area contributed by atoms with Gasteiger partial charge in [0, 0.05) is 44.0 Å². The van der Waals surface area contributed by atoms with Gasteiger partial charge in [-0.05, 0) is 42.9 Å². The summed E-state index contributed by atoms with van der Waals surface area (Å²) in [7, 11) is -4.64. The number of hydrogen-bond acceptors (Lipinski definition) is 5. The smallest absolute Gasteiger partial charge is 0.268 e. The number of aromatic nitrogens is 1. The minimum absolute atomic E-state index is 0.0599. The van der Waals surface area contributed by atoms with Crippen LogP contribution in [0.25, 0.3) is 0 Å². The molecule has 0 saturated carbocycles. The Labute approximate surface area is 186 Å². The molecule has 2 saturated heterocycles. The topological polar surface area (TPSA) is 65.5 Å². The van der Waals surface area contributed by atoms with Crippen molar-refractivity contribution in [1.29, 1.82) is 0 Å². The molecule has 4 rings (SSSR count). The van der Waals surface area contributed by atoms with Crippen LogP contribution in [0.5, 0.6) is 0 Å². The van der Waals surface area contributed by atoms with E-state index in [1.807, 2.05) is 9.62 Å². The first-order chi connectivity index (χ1) is 14.9. The Balaban J connectivity index is 1.53. The number of hydrogen-bond donors (Lipinski definition) is 1. The van der Waals surface area contributed by atoms with E-state index in [1.165, 1.54) is 19.1 Å². The number of nitrogens with one attached hydrogen (secondary N) is 1. The maximum atomic E-state index is 15.1. The molecule has 1 N–H and O–H groups in total. The van der Waals surface area contributed by atoms with Gasteiger partial charge >= 0.3 is 0 Å². The number of halogens is 3. The second-order valence-corrected chi connectivity index (χ2v) is 11.2. The molecule has 10 heteroatoms. The standard InChI is InChI=1S/C22H27F3N4O2S/c1-14-17(29-8-7-15(11-29)10-28-12-22(2,3)13-28)9-16(23)21(20(14)25)32(30,31)27-19-6-4-5-18(24)26-19/h4-6,9,15H,7-8,10-13H2,1-3H3,(H,26,27). The largest absolute Gasteiger partial charge is 0.371 e. The van der Waals surface area contributed by atoms with Crippen LogP contribution >= 0.6 is 0 Å². The monoisotopic (exact) mass is 468 g/mol. The zero-order chi connectivity index (χ0) is 23.3. The lowest BCUT2D eigenvalue weighted by Crippen LogP contribution is -2.54. The number of anilines is 2. The zero-order valence-corrected chi connectivity index (χ0v) is 19.1. The average molecular weight is 469 g/mol. The highest BCUT2D eigenvalue weighted by atomic mass is 32.2. The van der Waals surface area contributed by atoms with Crippen molar-refractivity contribution in [3.8, 4) is 0 Å². The molecular weight excluding hydrogens is 441 g/mol. The number of pyridine rings is 1. The zero-order valence-electron chi connectivity index (χ0n) is 18.3. The van der Waals surface area contributed by atoms with E-state index >= 15 is 4.39 Å². The molecule has 1 aromatic heterocycles. The van der Waals surface area contributed by atoms with Crippen LogP contribution in [-0.2, 0) is 10.0 Å². The second-order valence-electron chi connectivity index (χ2n) is 9.53. The quantitative estimate of drug-likeness (QED) is 0.654. The van der Waals surface area contributed by atoms with Crippen molar-refractivity contribution in [2.24, 2.45) is 11.3 Å². The van der Waals surface area contributed by atoms with Crippen molar-refractivity contribution in [3.63, 3.8) is 0 Å². The van der Waals surface area contributed by atoms with E-state index < -0.39 is 32.5 Å². The van der Waals surface area contributed by atoms with Gasteiger partial charge in [-0.15, -0.1) is 0 Å². The Morgan fingerprint density at radius 3 is 2.59 bits per heavy atom. The van der Waals surface area contributed by atoms with E-state index in [-0.39, 0.29) is 11.4 Å². The van der Waals surface area contributed by atoms with Crippen LogP contribution in [0.1, 0.15) is 25.8 Å². The van der Waals surface area contributed by atoms with Gasteiger partial charge in [-0.2, -0.15) is 4.39 Å². The molecule has 0 spiro atoms. The summed E-state index contributed by atoms with van der Waals surface area (Å²) in [4.78, 5) is 6.60. The number of sulfonamides is 1. The van der Waals surface area contributed by atoms with Crippen LogP contribution in [0.4, 0.5) is 24.7 Å². The van der Waals surface area contributed by atoms with Crippen molar-refractivity contribution in [1.82, 2.24) is 9.88 Å². The molecule has 6 nitrogen and oxygen atoms in total. The summed E-state index contributed by atoms with van der Waals surface area (Å²) in [5, 5.41) is 0. The van der Waals surface area contributed by atoms with E-state index in [1.54, 1.807) is 0 Å². The van der Waals surface area contributed by atoms with Crippen LogP contribution < -0.4 is 9.62 Å². The molecule has 1 unspecified atom stereocenters. The molecular formula is C22H27F3N4O2S. The molecule has 0 aliphatic carbocycles. The number of likely N-dealkylation sites (tertiary alicyclic amines) is 1. The highest BCUT2D eigenvalue weighted by Crippen LogP contribution is 2.35. The molecule has 0 bridgehead atoms. The van der Waals surface area contributed by atoms with Crippen molar-refractivity contribution in [2.45, 2.75) is 32.1 Å². The molecule has 2 aromatic rings. The first kappa shape index (κ1) is 22.8. The minimum atomic E-state index is -4.64. The van der Waals surface area contributed by atoms with Crippen molar-refractivity contribution in [3.05, 3.63) is 47.4 Å². The Hall–Kier alpha value is -2.33. The summed E-state index contributed by atoms with van der Waals surface area (Å²) >= 11 is 0. The lowest BCUT2D eigenvalue weighted by Gasteiger charge is -2.47. The van der Waals surface area contributed by atoms with Crippen LogP contribution in [-0.4, -0.2) is 51.0 Å². The number of benzene rings is 1. The fraction of sp³-hybridized carbons (Fsp3) is 0.500. The fourth-order valence-corrected chi connectivity index (χ4v) is 5.96. The Morgan fingerprint density at radius 1 is 1.22 bits per heavy atom. The molecule has 2 aliphatic heterocycles. The third-order valence-electron chi connectivity index (χ3n) is 6.06. The van der Waals surface area contributed by atoms with Crippen LogP contribution in [0.15, 0.2) is 29.2 Å². The van der Waals surface area contributed by atoms with Crippen molar-refractivity contribution >= 4 is 21.5 Å². The number of rotatable bonds is 6. The van der Waals surface area contributed by atoms with Gasteiger partial charge in [-0.3, -0.25) is 4.72 Å². The predicted octanol–water partition coefficient (Wildman–Crippen LogP) is 3.78. The lowest BCUT2D eigenvalue weighted by atomic mass is 9.84. The Kier molecular flexibility index (Phi) is 5.87. The number of nitrogens with zero attached hydrogens (tertiary/aromatic N) is 3. The summed E-state index contributed by atoms with van der Waals surface area (Å²) in [6.07, 6.45) is 0.909. The average Bonchev–Trinajstić information content (AvgIpc) is 3.11. The van der Waals surface area contributed by atoms with E-state index in [9.17, 15) is 17.2 Å². The molecule has 2 aliphatic rings. The molecule has 0 amide bonds. The predicted molar refractivity (Wildman–Crippen MR) is 117 cm³/mol. The molecule has 3 heterocycles. The third kappa shape index (κ3) is 4.56. The lowest BCUT2D eigenvalue weighted by molar-refractivity contribution is 0.0205. The summed E-state index contributed by atoms with van der Waals surface area (Å²) in [6.45, 7) is 10.3.